The van der Waals surface area contributed by atoms with Crippen LogP contribution in [0, 0.1) is 47.3 Å². The van der Waals surface area contributed by atoms with Gasteiger partial charge < -0.3 is 29.2 Å². The quantitative estimate of drug-likeness (QED) is 0.300. The van der Waals surface area contributed by atoms with Crippen LogP contribution in [0.5, 0.6) is 0 Å². The molecule has 282 valence electrons. The molecule has 0 amide bonds. The van der Waals surface area contributed by atoms with Crippen LogP contribution in [0.4, 0.5) is 0 Å². The largest absolute Gasteiger partial charge is 0.478 e. The van der Waals surface area contributed by atoms with Crippen LogP contribution >= 0.6 is 0 Å². The summed E-state index contributed by atoms with van der Waals surface area (Å²) < 4.78 is 27.3. The van der Waals surface area contributed by atoms with Crippen LogP contribution in [0.25, 0.3) is 0 Å². The minimum Gasteiger partial charge on any atom is -0.478 e. The molecule has 2 spiro atoms. The first-order chi connectivity index (χ1) is 24.2. The molecule has 8 saturated heterocycles. The van der Waals surface area contributed by atoms with Crippen molar-refractivity contribution in [2.75, 3.05) is 0 Å². The van der Waals surface area contributed by atoms with Gasteiger partial charge in [-0.15, -0.1) is 0 Å². The van der Waals surface area contributed by atoms with Crippen LogP contribution in [-0.4, -0.2) is 63.7 Å². The lowest BCUT2D eigenvalue weighted by Crippen LogP contribution is -2.71. The van der Waals surface area contributed by atoms with Crippen molar-refractivity contribution in [2.24, 2.45) is 47.3 Å². The van der Waals surface area contributed by atoms with Crippen molar-refractivity contribution in [2.45, 2.75) is 159 Å². The Morgan fingerprint density at radius 2 is 1.14 bits per heavy atom. The molecular formula is C40H56O11. The van der Waals surface area contributed by atoms with E-state index >= 15 is 0 Å². The SMILES string of the molecule is C[C@H]1[C@@H](CC(O)(C[C@H]2O[C@@H]3O[C@@]4(C)CC[C@H]5[C@H](C)CC[C@@H]([C@H]2C)[C@@]35OO4)c2ccc(C(=O)O)cc2)O[C@@H]2O[C@@]3(C)CC[C@H]4[C@H](C)CC[C@@H]1[C@@]24OO3. The predicted molar refractivity (Wildman–Crippen MR) is 180 cm³/mol. The Kier molecular flexibility index (Phi) is 8.19. The zero-order chi connectivity index (χ0) is 35.7. The second kappa shape index (κ2) is 11.9. The van der Waals surface area contributed by atoms with E-state index < -0.39 is 46.9 Å². The van der Waals surface area contributed by atoms with E-state index in [-0.39, 0.29) is 66.1 Å². The first-order valence-corrected chi connectivity index (χ1v) is 19.7. The fourth-order valence-corrected chi connectivity index (χ4v) is 12.3. The Morgan fingerprint density at radius 1 is 0.686 bits per heavy atom. The molecule has 10 fully saturated rings. The molecule has 1 aromatic carbocycles. The number of carboxylic acid groups (broad SMARTS) is 1. The van der Waals surface area contributed by atoms with Gasteiger partial charge in [0.2, 0.25) is 11.6 Å². The van der Waals surface area contributed by atoms with Gasteiger partial charge in [-0.3, -0.25) is 0 Å². The molecule has 2 N–H and O–H groups in total. The van der Waals surface area contributed by atoms with E-state index in [0.29, 0.717) is 17.4 Å². The molecule has 8 aliphatic heterocycles. The summed E-state index contributed by atoms with van der Waals surface area (Å²) in [6, 6.07) is 6.63. The Labute approximate surface area is 300 Å². The maximum absolute atomic E-state index is 13.2. The summed E-state index contributed by atoms with van der Waals surface area (Å²) in [5.74, 6) is -1.16. The molecule has 11 rings (SSSR count). The summed E-state index contributed by atoms with van der Waals surface area (Å²) in [6.07, 6.45) is 5.97. The predicted octanol–water partition coefficient (Wildman–Crippen LogP) is 6.85. The van der Waals surface area contributed by atoms with E-state index in [0.717, 1.165) is 51.4 Å². The van der Waals surface area contributed by atoms with Gasteiger partial charge in [0.25, 0.3) is 0 Å². The number of hydrogen-bond acceptors (Lipinski definition) is 10. The molecule has 10 aliphatic rings. The van der Waals surface area contributed by atoms with Crippen molar-refractivity contribution >= 4 is 5.97 Å². The molecule has 0 aromatic heterocycles. The maximum atomic E-state index is 13.2. The van der Waals surface area contributed by atoms with Crippen molar-refractivity contribution in [3.8, 4) is 0 Å². The Morgan fingerprint density at radius 3 is 1.57 bits per heavy atom. The zero-order valence-corrected chi connectivity index (χ0v) is 30.9. The van der Waals surface area contributed by atoms with Gasteiger partial charge >= 0.3 is 5.97 Å². The van der Waals surface area contributed by atoms with Gasteiger partial charge in [-0.1, -0.05) is 39.8 Å². The van der Waals surface area contributed by atoms with Gasteiger partial charge in [-0.05, 0) is 106 Å². The number of carboxylic acids is 1. The van der Waals surface area contributed by atoms with E-state index in [2.05, 4.69) is 27.7 Å². The molecule has 0 unspecified atom stereocenters. The number of aromatic carboxylic acids is 1. The standard InChI is InChI=1S/C40H56O11/c1-21-7-13-29-23(3)31(44-34-39(29)27(21)15-17-36(5,46-34)48-50-39)19-38(43,26-11-9-25(10-12-26)33(41)42)20-32-24(4)30-14-8-22(2)28-16-18-37(6)47-35(45-32)40(28,30)51-49-37/h9-12,21-24,27-32,34-35,43H,7-8,13-20H2,1-6H3,(H,41,42)/t21-,22-,23-,24-,27+,28+,29+,30+,31-,32-,34-,35-,36-,37-,39-,40-/m1/s1. The number of rotatable bonds is 6. The van der Waals surface area contributed by atoms with Crippen molar-refractivity contribution in [3.63, 3.8) is 0 Å². The molecule has 1 aromatic rings. The van der Waals surface area contributed by atoms with Crippen LogP contribution in [-0.2, 0) is 44.1 Å². The van der Waals surface area contributed by atoms with Crippen molar-refractivity contribution < 1.29 is 53.5 Å². The van der Waals surface area contributed by atoms with Crippen LogP contribution in [0.1, 0.15) is 122 Å². The fraction of sp³-hybridized carbons (Fsp3) is 0.825. The second-order valence-corrected chi connectivity index (χ2v) is 18.2. The molecule has 2 aliphatic carbocycles. The van der Waals surface area contributed by atoms with E-state index in [4.69, 9.17) is 38.5 Å². The smallest absolute Gasteiger partial charge is 0.335 e. The van der Waals surface area contributed by atoms with Crippen LogP contribution in [0.15, 0.2) is 24.3 Å². The summed E-state index contributed by atoms with van der Waals surface area (Å²) in [6.45, 7) is 12.9. The van der Waals surface area contributed by atoms with E-state index in [1.807, 2.05) is 13.8 Å². The average Bonchev–Trinajstić information content (AvgIpc) is 3.47. The van der Waals surface area contributed by atoms with E-state index in [9.17, 15) is 15.0 Å². The third-order valence-electron chi connectivity index (χ3n) is 15.3. The second-order valence-electron chi connectivity index (χ2n) is 18.2. The monoisotopic (exact) mass is 712 g/mol. The van der Waals surface area contributed by atoms with Gasteiger partial charge in [-0.25, -0.2) is 24.3 Å². The van der Waals surface area contributed by atoms with E-state index in [1.54, 1.807) is 24.3 Å². The number of carbonyl (C=O) groups is 1. The van der Waals surface area contributed by atoms with Crippen molar-refractivity contribution in [1.29, 1.82) is 0 Å². The van der Waals surface area contributed by atoms with Gasteiger partial charge in [0.1, 0.15) is 0 Å². The summed E-state index contributed by atoms with van der Waals surface area (Å²) in [5, 5.41) is 22.9. The molecule has 0 radical (unpaired) electrons. The minimum atomic E-state index is -1.43. The van der Waals surface area contributed by atoms with Gasteiger partial charge in [0.05, 0.1) is 23.4 Å². The molecule has 4 bridgehead atoms. The molecular weight excluding hydrogens is 656 g/mol. The molecule has 11 heteroatoms. The lowest BCUT2D eigenvalue weighted by atomic mass is 9.56. The minimum absolute atomic E-state index is 0.0238. The topological polar surface area (TPSA) is 131 Å². The lowest BCUT2D eigenvalue weighted by Gasteiger charge is -2.61. The average molecular weight is 713 g/mol. The summed E-state index contributed by atoms with van der Waals surface area (Å²) >= 11 is 0. The maximum Gasteiger partial charge on any atom is 0.335 e. The third kappa shape index (κ3) is 5.12. The number of aliphatic hydroxyl groups is 1. The summed E-state index contributed by atoms with van der Waals surface area (Å²) in [5.41, 5.74) is -2.04. The van der Waals surface area contributed by atoms with Crippen LogP contribution in [0.3, 0.4) is 0 Å². The molecule has 8 heterocycles. The fourth-order valence-electron chi connectivity index (χ4n) is 12.3. The summed E-state index contributed by atoms with van der Waals surface area (Å²) in [7, 11) is 0. The lowest BCUT2D eigenvalue weighted by molar-refractivity contribution is -0.572. The van der Waals surface area contributed by atoms with Gasteiger partial charge in [0.15, 0.2) is 23.8 Å². The van der Waals surface area contributed by atoms with Crippen molar-refractivity contribution in [3.05, 3.63) is 35.4 Å². The van der Waals surface area contributed by atoms with Crippen LogP contribution in [0.2, 0.25) is 0 Å². The highest BCUT2D eigenvalue weighted by Gasteiger charge is 2.71. The first kappa shape index (κ1) is 35.1. The Balaban J connectivity index is 1.06. The summed E-state index contributed by atoms with van der Waals surface area (Å²) in [4.78, 5) is 36.8. The number of ether oxygens (including phenoxy) is 4. The number of hydrogen-bond donors (Lipinski definition) is 2. The highest BCUT2D eigenvalue weighted by Crippen LogP contribution is 2.63. The number of benzene rings is 1. The van der Waals surface area contributed by atoms with Gasteiger partial charge in [-0.2, -0.15) is 0 Å². The van der Waals surface area contributed by atoms with Crippen molar-refractivity contribution in [1.82, 2.24) is 0 Å². The van der Waals surface area contributed by atoms with Crippen LogP contribution < -0.4 is 0 Å². The Hall–Kier alpha value is -1.67. The normalized spacial score (nSPS) is 52.5. The first-order valence-electron chi connectivity index (χ1n) is 19.7. The molecule has 11 nitrogen and oxygen atoms in total. The highest BCUT2D eigenvalue weighted by molar-refractivity contribution is 5.87. The third-order valence-corrected chi connectivity index (χ3v) is 15.3. The Bertz CT molecular complexity index is 1440. The zero-order valence-electron chi connectivity index (χ0n) is 30.9. The van der Waals surface area contributed by atoms with Gasteiger partial charge in [0, 0.05) is 37.5 Å². The number of fused-ring (bicyclic) bond motifs is 4. The van der Waals surface area contributed by atoms with E-state index in [1.165, 1.54) is 0 Å². The molecule has 2 saturated carbocycles. The molecule has 16 atom stereocenters. The molecule has 51 heavy (non-hydrogen) atoms. The highest BCUT2D eigenvalue weighted by atomic mass is 17.3.